The smallest absolute Gasteiger partial charge is 0.219 e. The molecule has 0 bridgehead atoms. The fraction of sp³-hybridized carbons (Fsp3) is 0.412. The SMILES string of the molecule is CCCC[SiH2]Oc1cc(OC)cc2cc(C)c(O)c(C)c12. The molecular formula is C17H24O3Si. The standard InChI is InChI=1S/C17H24O3Si/c1-5-6-7-21-20-15-10-14(19-4)9-13-8-11(2)17(18)12(3)16(13)15/h8-10,18H,5-7,21H2,1-4H3. The first-order valence-corrected chi connectivity index (χ1v) is 9.10. The molecule has 0 heterocycles. The van der Waals surface area contributed by atoms with Crippen molar-refractivity contribution in [2.24, 2.45) is 0 Å². The molecule has 0 fully saturated rings. The van der Waals surface area contributed by atoms with Gasteiger partial charge in [-0.1, -0.05) is 19.8 Å². The third kappa shape index (κ3) is 3.32. The Morgan fingerprint density at radius 1 is 1.19 bits per heavy atom. The third-order valence-corrected chi connectivity index (χ3v) is 5.13. The molecular weight excluding hydrogens is 280 g/mol. The van der Waals surface area contributed by atoms with Crippen molar-refractivity contribution in [3.8, 4) is 17.2 Å². The lowest BCUT2D eigenvalue weighted by Crippen LogP contribution is -2.03. The van der Waals surface area contributed by atoms with Crippen molar-refractivity contribution in [2.75, 3.05) is 7.11 Å². The largest absolute Gasteiger partial charge is 0.549 e. The molecule has 0 atom stereocenters. The predicted octanol–water partition coefficient (Wildman–Crippen LogP) is 3.85. The molecule has 0 saturated heterocycles. The molecule has 0 amide bonds. The second kappa shape index (κ2) is 6.85. The first kappa shape index (κ1) is 15.7. The maximum absolute atomic E-state index is 10.2. The molecule has 1 N–H and O–H groups in total. The van der Waals surface area contributed by atoms with Gasteiger partial charge >= 0.3 is 0 Å². The minimum atomic E-state index is -0.585. The Hall–Kier alpha value is -1.68. The van der Waals surface area contributed by atoms with Gasteiger partial charge < -0.3 is 14.3 Å². The molecule has 114 valence electrons. The average Bonchev–Trinajstić information content (AvgIpc) is 2.48. The normalized spacial score (nSPS) is 11.4. The number of hydrogen-bond acceptors (Lipinski definition) is 3. The Bertz CT molecular complexity index is 638. The van der Waals surface area contributed by atoms with Crippen LogP contribution in [0.5, 0.6) is 17.2 Å². The van der Waals surface area contributed by atoms with Gasteiger partial charge in [0.1, 0.15) is 17.2 Å². The number of aromatic hydroxyl groups is 1. The maximum atomic E-state index is 10.2. The molecule has 3 nitrogen and oxygen atoms in total. The Labute approximate surface area is 128 Å². The van der Waals surface area contributed by atoms with Crippen LogP contribution in [0.2, 0.25) is 6.04 Å². The molecule has 0 unspecified atom stereocenters. The summed E-state index contributed by atoms with van der Waals surface area (Å²) in [7, 11) is 1.08. The van der Waals surface area contributed by atoms with Crippen molar-refractivity contribution in [2.45, 2.75) is 39.7 Å². The zero-order chi connectivity index (χ0) is 15.4. The van der Waals surface area contributed by atoms with Crippen LogP contribution in [0.3, 0.4) is 0 Å². The summed E-state index contributed by atoms with van der Waals surface area (Å²) in [5.74, 6) is 2.00. The van der Waals surface area contributed by atoms with E-state index in [0.29, 0.717) is 5.75 Å². The van der Waals surface area contributed by atoms with Crippen LogP contribution in [0.4, 0.5) is 0 Å². The van der Waals surface area contributed by atoms with E-state index in [0.717, 1.165) is 33.4 Å². The number of benzene rings is 2. The maximum Gasteiger partial charge on any atom is 0.219 e. The fourth-order valence-corrected chi connectivity index (χ4v) is 3.90. The van der Waals surface area contributed by atoms with Crippen molar-refractivity contribution in [1.29, 1.82) is 0 Å². The van der Waals surface area contributed by atoms with Crippen LogP contribution in [-0.4, -0.2) is 22.0 Å². The fourth-order valence-electron chi connectivity index (χ4n) is 2.61. The van der Waals surface area contributed by atoms with Crippen LogP contribution in [0.15, 0.2) is 18.2 Å². The lowest BCUT2D eigenvalue weighted by Gasteiger charge is -2.15. The lowest BCUT2D eigenvalue weighted by atomic mass is 10.00. The number of unbranched alkanes of at least 4 members (excludes halogenated alkanes) is 1. The second-order valence-corrected chi connectivity index (χ2v) is 6.85. The molecule has 2 aromatic carbocycles. The summed E-state index contributed by atoms with van der Waals surface area (Å²) < 4.78 is 11.5. The van der Waals surface area contributed by atoms with E-state index in [1.807, 2.05) is 32.0 Å². The number of rotatable bonds is 6. The summed E-state index contributed by atoms with van der Waals surface area (Å²) in [6.45, 7) is 6.05. The van der Waals surface area contributed by atoms with Crippen molar-refractivity contribution >= 4 is 20.5 Å². The number of aryl methyl sites for hydroxylation is 2. The van der Waals surface area contributed by atoms with Gasteiger partial charge in [-0.05, 0) is 43.0 Å². The zero-order valence-electron chi connectivity index (χ0n) is 13.3. The topological polar surface area (TPSA) is 38.7 Å². The van der Waals surface area contributed by atoms with Gasteiger partial charge in [-0.25, -0.2) is 0 Å². The van der Waals surface area contributed by atoms with E-state index in [1.165, 1.54) is 18.9 Å². The minimum Gasteiger partial charge on any atom is -0.549 e. The highest BCUT2D eigenvalue weighted by atomic mass is 28.2. The summed E-state index contributed by atoms with van der Waals surface area (Å²) in [5.41, 5.74) is 1.76. The van der Waals surface area contributed by atoms with E-state index in [9.17, 15) is 5.11 Å². The molecule has 21 heavy (non-hydrogen) atoms. The van der Waals surface area contributed by atoms with E-state index in [-0.39, 0.29) is 0 Å². The lowest BCUT2D eigenvalue weighted by molar-refractivity contribution is 0.413. The van der Waals surface area contributed by atoms with E-state index in [1.54, 1.807) is 7.11 Å². The van der Waals surface area contributed by atoms with Gasteiger partial charge in [0.05, 0.1) is 7.11 Å². The molecule has 0 aliphatic rings. The quantitative estimate of drug-likeness (QED) is 0.651. The summed E-state index contributed by atoms with van der Waals surface area (Å²) in [6.07, 6.45) is 2.42. The van der Waals surface area contributed by atoms with Crippen molar-refractivity contribution in [3.05, 3.63) is 29.3 Å². The molecule has 0 radical (unpaired) electrons. The number of phenolic OH excluding ortho intramolecular Hbond substituents is 1. The van der Waals surface area contributed by atoms with Gasteiger partial charge in [-0.15, -0.1) is 0 Å². The van der Waals surface area contributed by atoms with Gasteiger partial charge in [0.2, 0.25) is 9.76 Å². The molecule has 0 aromatic heterocycles. The van der Waals surface area contributed by atoms with Crippen molar-refractivity contribution in [3.63, 3.8) is 0 Å². The van der Waals surface area contributed by atoms with Gasteiger partial charge in [0.15, 0.2) is 0 Å². The van der Waals surface area contributed by atoms with Crippen LogP contribution in [-0.2, 0) is 0 Å². The van der Waals surface area contributed by atoms with E-state index >= 15 is 0 Å². The van der Waals surface area contributed by atoms with E-state index < -0.39 is 9.76 Å². The monoisotopic (exact) mass is 304 g/mol. The average molecular weight is 304 g/mol. The molecule has 2 aromatic rings. The molecule has 0 aliphatic heterocycles. The highest BCUT2D eigenvalue weighted by Crippen LogP contribution is 2.38. The molecule has 0 saturated carbocycles. The van der Waals surface area contributed by atoms with Gasteiger partial charge in [0, 0.05) is 17.0 Å². The zero-order valence-corrected chi connectivity index (χ0v) is 14.7. The highest BCUT2D eigenvalue weighted by molar-refractivity contribution is 6.28. The van der Waals surface area contributed by atoms with Crippen LogP contribution in [0.1, 0.15) is 30.9 Å². The number of ether oxygens (including phenoxy) is 1. The summed E-state index contributed by atoms with van der Waals surface area (Å²) in [5, 5.41) is 12.2. The molecule has 2 rings (SSSR count). The van der Waals surface area contributed by atoms with E-state index in [2.05, 4.69) is 6.92 Å². The summed E-state index contributed by atoms with van der Waals surface area (Å²) in [6, 6.07) is 7.09. The Kier molecular flexibility index (Phi) is 5.12. The van der Waals surface area contributed by atoms with Crippen LogP contribution < -0.4 is 9.16 Å². The third-order valence-electron chi connectivity index (χ3n) is 3.82. The number of hydrogen-bond donors (Lipinski definition) is 1. The minimum absolute atomic E-state index is 0.354. The molecule has 4 heteroatoms. The number of methoxy groups -OCH3 is 1. The Balaban J connectivity index is 2.47. The second-order valence-electron chi connectivity index (χ2n) is 5.45. The summed E-state index contributed by atoms with van der Waals surface area (Å²) in [4.78, 5) is 0. The van der Waals surface area contributed by atoms with Crippen LogP contribution in [0, 0.1) is 13.8 Å². The van der Waals surface area contributed by atoms with Gasteiger partial charge in [-0.3, -0.25) is 0 Å². The van der Waals surface area contributed by atoms with Crippen molar-refractivity contribution < 1.29 is 14.3 Å². The number of fused-ring (bicyclic) bond motifs is 1. The number of phenols is 1. The molecule has 0 spiro atoms. The van der Waals surface area contributed by atoms with E-state index in [4.69, 9.17) is 9.16 Å². The predicted molar refractivity (Wildman–Crippen MR) is 90.5 cm³/mol. The van der Waals surface area contributed by atoms with Gasteiger partial charge in [-0.2, -0.15) is 0 Å². The van der Waals surface area contributed by atoms with Gasteiger partial charge in [0.25, 0.3) is 0 Å². The van der Waals surface area contributed by atoms with Crippen molar-refractivity contribution in [1.82, 2.24) is 0 Å². The van der Waals surface area contributed by atoms with Crippen LogP contribution >= 0.6 is 0 Å². The first-order chi connectivity index (χ1) is 10.1. The highest BCUT2D eigenvalue weighted by Gasteiger charge is 2.13. The molecule has 0 aliphatic carbocycles. The Morgan fingerprint density at radius 2 is 1.95 bits per heavy atom. The van der Waals surface area contributed by atoms with Crippen LogP contribution in [0.25, 0.3) is 10.8 Å². The summed E-state index contributed by atoms with van der Waals surface area (Å²) >= 11 is 0. The Morgan fingerprint density at radius 3 is 2.62 bits per heavy atom. The first-order valence-electron chi connectivity index (χ1n) is 7.52.